The quantitative estimate of drug-likeness (QED) is 0.202. The van der Waals surface area contributed by atoms with Gasteiger partial charge < -0.3 is 20.2 Å². The number of anilines is 1. The van der Waals surface area contributed by atoms with Crippen molar-refractivity contribution < 1.29 is 19.3 Å². The van der Waals surface area contributed by atoms with Gasteiger partial charge in [-0.05, 0) is 37.0 Å². The van der Waals surface area contributed by atoms with Gasteiger partial charge in [-0.25, -0.2) is 9.78 Å². The van der Waals surface area contributed by atoms with E-state index in [0.29, 0.717) is 42.6 Å². The van der Waals surface area contributed by atoms with Gasteiger partial charge in [-0.15, -0.1) is 0 Å². The van der Waals surface area contributed by atoms with E-state index < -0.39 is 19.3 Å². The molecule has 3 N–H and O–H groups in total. The monoisotopic (exact) mass is 448 g/mol. The molecular weight excluding hydrogens is 416 g/mol. The Morgan fingerprint density at radius 2 is 2.00 bits per heavy atom. The highest BCUT2D eigenvalue weighted by Crippen LogP contribution is 2.37. The SMILES string of the molecule is CC(C)(C)[Si](C)(C)OCC(CCCNC(=O)O)Nc1c([N+](=O)[O-])cnc2ccccc12. The Hall–Kier alpha value is -2.72. The van der Waals surface area contributed by atoms with Crippen molar-refractivity contribution >= 4 is 36.7 Å². The lowest BCUT2D eigenvalue weighted by atomic mass is 10.1. The summed E-state index contributed by atoms with van der Waals surface area (Å²) < 4.78 is 6.37. The van der Waals surface area contributed by atoms with E-state index in [1.54, 1.807) is 6.07 Å². The number of nitro groups is 1. The number of fused-ring (bicyclic) bond motifs is 1. The van der Waals surface area contributed by atoms with Gasteiger partial charge in [-0.1, -0.05) is 39.0 Å². The number of nitrogens with one attached hydrogen (secondary N) is 2. The molecule has 0 bridgehead atoms. The summed E-state index contributed by atoms with van der Waals surface area (Å²) in [4.78, 5) is 26.2. The number of aromatic nitrogens is 1. The molecule has 1 unspecified atom stereocenters. The number of carbonyl (C=O) groups is 1. The summed E-state index contributed by atoms with van der Waals surface area (Å²) in [6.45, 7) is 11.4. The maximum Gasteiger partial charge on any atom is 0.404 e. The van der Waals surface area contributed by atoms with Crippen molar-refractivity contribution in [1.82, 2.24) is 10.3 Å². The maximum atomic E-state index is 11.7. The Morgan fingerprint density at radius 3 is 2.61 bits per heavy atom. The highest BCUT2D eigenvalue weighted by atomic mass is 28.4. The van der Waals surface area contributed by atoms with E-state index in [9.17, 15) is 14.9 Å². The predicted molar refractivity (Wildman–Crippen MR) is 124 cm³/mol. The number of hydrogen-bond acceptors (Lipinski definition) is 6. The molecule has 170 valence electrons. The minimum Gasteiger partial charge on any atom is -0.465 e. The van der Waals surface area contributed by atoms with Gasteiger partial charge in [0.2, 0.25) is 0 Å². The molecule has 1 atom stereocenters. The van der Waals surface area contributed by atoms with Crippen LogP contribution in [0.2, 0.25) is 18.1 Å². The number of amides is 1. The highest BCUT2D eigenvalue weighted by molar-refractivity contribution is 6.74. The van der Waals surface area contributed by atoms with Crippen LogP contribution >= 0.6 is 0 Å². The number of hydrogen-bond donors (Lipinski definition) is 3. The van der Waals surface area contributed by atoms with E-state index in [1.807, 2.05) is 18.2 Å². The molecule has 31 heavy (non-hydrogen) atoms. The van der Waals surface area contributed by atoms with Gasteiger partial charge in [-0.2, -0.15) is 0 Å². The third-order valence-electron chi connectivity index (χ3n) is 5.76. The van der Waals surface area contributed by atoms with Crippen LogP contribution in [-0.4, -0.2) is 48.6 Å². The second-order valence-electron chi connectivity index (χ2n) is 9.08. The summed E-state index contributed by atoms with van der Waals surface area (Å²) in [6.07, 6.45) is 1.35. The molecule has 1 heterocycles. The van der Waals surface area contributed by atoms with Crippen molar-refractivity contribution in [3.05, 3.63) is 40.6 Å². The summed E-state index contributed by atoms with van der Waals surface area (Å²) in [7, 11) is -2.04. The summed E-state index contributed by atoms with van der Waals surface area (Å²) in [5, 5.41) is 26.8. The lowest BCUT2D eigenvalue weighted by molar-refractivity contribution is -0.384. The molecule has 1 aromatic heterocycles. The molecule has 0 radical (unpaired) electrons. The van der Waals surface area contributed by atoms with Crippen LogP contribution in [0.5, 0.6) is 0 Å². The van der Waals surface area contributed by atoms with Gasteiger partial charge in [-0.3, -0.25) is 10.1 Å². The first-order valence-corrected chi connectivity index (χ1v) is 13.2. The molecule has 0 saturated heterocycles. The zero-order valence-electron chi connectivity index (χ0n) is 18.8. The first-order chi connectivity index (χ1) is 14.4. The summed E-state index contributed by atoms with van der Waals surface area (Å²) in [6, 6.07) is 7.03. The van der Waals surface area contributed by atoms with Crippen molar-refractivity contribution in [2.45, 2.75) is 57.8 Å². The molecule has 1 aromatic carbocycles. The second-order valence-corrected chi connectivity index (χ2v) is 13.9. The minimum absolute atomic E-state index is 0.0256. The topological polar surface area (TPSA) is 127 Å². The Morgan fingerprint density at radius 1 is 1.32 bits per heavy atom. The number of rotatable bonds is 10. The molecule has 2 rings (SSSR count). The van der Waals surface area contributed by atoms with Crippen molar-refractivity contribution in [2.75, 3.05) is 18.5 Å². The predicted octanol–water partition coefficient (Wildman–Crippen LogP) is 4.99. The van der Waals surface area contributed by atoms with E-state index in [4.69, 9.17) is 9.53 Å². The molecule has 1 amide bonds. The van der Waals surface area contributed by atoms with E-state index in [0.717, 1.165) is 0 Å². The van der Waals surface area contributed by atoms with E-state index >= 15 is 0 Å². The summed E-state index contributed by atoms with van der Waals surface area (Å²) in [5.74, 6) is 0. The molecule has 0 aliphatic heterocycles. The molecular formula is C21H32N4O5Si. The van der Waals surface area contributed by atoms with E-state index in [2.05, 4.69) is 49.5 Å². The molecule has 0 fully saturated rings. The van der Waals surface area contributed by atoms with Gasteiger partial charge >= 0.3 is 11.8 Å². The molecule has 0 aliphatic rings. The fourth-order valence-corrected chi connectivity index (χ4v) is 3.94. The maximum absolute atomic E-state index is 11.7. The van der Waals surface area contributed by atoms with Crippen LogP contribution in [-0.2, 0) is 4.43 Å². The van der Waals surface area contributed by atoms with E-state index in [-0.39, 0.29) is 16.8 Å². The number of benzene rings is 1. The Balaban J connectivity index is 2.30. The molecule has 0 aliphatic carbocycles. The lowest BCUT2D eigenvalue weighted by Gasteiger charge is -2.37. The average molecular weight is 449 g/mol. The number of pyridine rings is 1. The van der Waals surface area contributed by atoms with Crippen molar-refractivity contribution in [3.8, 4) is 0 Å². The van der Waals surface area contributed by atoms with Crippen molar-refractivity contribution in [3.63, 3.8) is 0 Å². The van der Waals surface area contributed by atoms with Crippen molar-refractivity contribution in [2.24, 2.45) is 0 Å². The van der Waals surface area contributed by atoms with Gasteiger partial charge in [0.25, 0.3) is 0 Å². The van der Waals surface area contributed by atoms with Crippen LogP contribution < -0.4 is 10.6 Å². The first kappa shape index (κ1) is 24.5. The van der Waals surface area contributed by atoms with Crippen LogP contribution in [0.3, 0.4) is 0 Å². The zero-order chi connectivity index (χ0) is 23.2. The Bertz CT molecular complexity index is 930. The second kappa shape index (κ2) is 10.1. The largest absolute Gasteiger partial charge is 0.465 e. The Kier molecular flexibility index (Phi) is 7.96. The third kappa shape index (κ3) is 6.63. The molecule has 0 spiro atoms. The molecule has 0 saturated carbocycles. The van der Waals surface area contributed by atoms with Crippen LogP contribution in [0, 0.1) is 10.1 Å². The fraction of sp³-hybridized carbons (Fsp3) is 0.524. The summed E-state index contributed by atoms with van der Waals surface area (Å²) >= 11 is 0. The molecule has 10 heteroatoms. The minimum atomic E-state index is -2.04. The lowest BCUT2D eigenvalue weighted by Crippen LogP contribution is -2.43. The molecule has 9 nitrogen and oxygen atoms in total. The van der Waals surface area contributed by atoms with Crippen LogP contribution in [0.25, 0.3) is 10.9 Å². The van der Waals surface area contributed by atoms with Gasteiger partial charge in [0.15, 0.2) is 8.32 Å². The van der Waals surface area contributed by atoms with E-state index in [1.165, 1.54) is 6.20 Å². The first-order valence-electron chi connectivity index (χ1n) is 10.3. The number of nitrogens with zero attached hydrogens (tertiary/aromatic N) is 2. The molecule has 2 aromatic rings. The fourth-order valence-electron chi connectivity index (χ4n) is 2.89. The number of para-hydroxylation sites is 1. The van der Waals surface area contributed by atoms with Crippen LogP contribution in [0.15, 0.2) is 30.5 Å². The van der Waals surface area contributed by atoms with Crippen molar-refractivity contribution in [1.29, 1.82) is 0 Å². The van der Waals surface area contributed by atoms with Gasteiger partial charge in [0.05, 0.1) is 17.0 Å². The highest BCUT2D eigenvalue weighted by Gasteiger charge is 2.37. The van der Waals surface area contributed by atoms with Gasteiger partial charge in [0.1, 0.15) is 11.9 Å². The van der Waals surface area contributed by atoms with Gasteiger partial charge in [0, 0.05) is 18.0 Å². The average Bonchev–Trinajstić information content (AvgIpc) is 2.67. The standard InChI is InChI=1S/C21H32N4O5Si/c1-21(2,3)31(4,5)30-14-15(9-8-12-22-20(26)27)24-19-16-10-6-7-11-17(16)23-13-18(19)25(28)29/h6-7,10-11,13,15,22H,8-9,12,14H2,1-5H3,(H,23,24)(H,26,27). The zero-order valence-corrected chi connectivity index (χ0v) is 19.8. The third-order valence-corrected chi connectivity index (χ3v) is 10.3. The van der Waals surface area contributed by atoms with Crippen LogP contribution in [0.1, 0.15) is 33.6 Å². The van der Waals surface area contributed by atoms with Crippen LogP contribution in [0.4, 0.5) is 16.2 Å². The number of carboxylic acid groups (broad SMARTS) is 1. The Labute approximate surface area is 183 Å². The normalized spacial score (nSPS) is 13.1. The smallest absolute Gasteiger partial charge is 0.404 e. The summed E-state index contributed by atoms with van der Waals surface area (Å²) in [5.41, 5.74) is 0.970.